The van der Waals surface area contributed by atoms with Crippen molar-refractivity contribution in [3.8, 4) is 11.5 Å². The van der Waals surface area contributed by atoms with Gasteiger partial charge in [0, 0.05) is 11.0 Å². The molecule has 1 aromatic carbocycles. The van der Waals surface area contributed by atoms with Crippen LogP contribution in [0, 0.1) is 5.41 Å². The molecule has 15 heavy (non-hydrogen) atoms. The van der Waals surface area contributed by atoms with Crippen molar-refractivity contribution < 1.29 is 9.47 Å². The van der Waals surface area contributed by atoms with Crippen LogP contribution in [0.25, 0.3) is 5.57 Å². The predicted molar refractivity (Wildman–Crippen MR) is 59.2 cm³/mol. The molecule has 1 atom stereocenters. The molecule has 2 heteroatoms. The molecule has 1 aliphatic carbocycles. The van der Waals surface area contributed by atoms with Crippen LogP contribution in [0.2, 0.25) is 0 Å². The number of methoxy groups -OCH3 is 1. The molecular weight excluding hydrogens is 188 g/mol. The topological polar surface area (TPSA) is 18.5 Å². The molecule has 0 N–H and O–H groups in total. The Morgan fingerprint density at radius 2 is 2.27 bits per heavy atom. The van der Waals surface area contributed by atoms with Crippen molar-refractivity contribution in [3.63, 3.8) is 0 Å². The monoisotopic (exact) mass is 202 g/mol. The van der Waals surface area contributed by atoms with E-state index in [0.29, 0.717) is 0 Å². The van der Waals surface area contributed by atoms with E-state index in [1.54, 1.807) is 7.11 Å². The Balaban J connectivity index is 2.13. The first-order valence-corrected chi connectivity index (χ1v) is 5.25. The molecule has 78 valence electrons. The van der Waals surface area contributed by atoms with Gasteiger partial charge in [0.2, 0.25) is 0 Å². The van der Waals surface area contributed by atoms with Gasteiger partial charge >= 0.3 is 0 Å². The Morgan fingerprint density at radius 3 is 2.93 bits per heavy atom. The van der Waals surface area contributed by atoms with Crippen LogP contribution in [0.3, 0.4) is 0 Å². The number of fused-ring (bicyclic) bond motifs is 3. The normalized spacial score (nSPS) is 26.7. The quantitative estimate of drug-likeness (QED) is 0.697. The summed E-state index contributed by atoms with van der Waals surface area (Å²) in [4.78, 5) is 0. The first kappa shape index (κ1) is 8.84. The minimum Gasteiger partial charge on any atom is -0.497 e. The third kappa shape index (κ3) is 1.11. The second-order valence-electron chi connectivity index (χ2n) is 4.53. The number of hydrogen-bond donors (Lipinski definition) is 0. The summed E-state index contributed by atoms with van der Waals surface area (Å²) in [5.41, 5.74) is 2.86. The Morgan fingerprint density at radius 1 is 1.40 bits per heavy atom. The summed E-state index contributed by atoms with van der Waals surface area (Å²) in [7, 11) is 1.69. The largest absolute Gasteiger partial charge is 0.497 e. The SMILES string of the molecule is COc1ccc2c(c1)C1=CCC1(C)CO2. The van der Waals surface area contributed by atoms with E-state index in [4.69, 9.17) is 9.47 Å². The maximum atomic E-state index is 5.76. The van der Waals surface area contributed by atoms with Gasteiger partial charge in [0.05, 0.1) is 13.7 Å². The lowest BCUT2D eigenvalue weighted by atomic mass is 9.67. The highest BCUT2D eigenvalue weighted by Gasteiger charge is 2.41. The highest BCUT2D eigenvalue weighted by Crippen LogP contribution is 2.53. The van der Waals surface area contributed by atoms with Crippen molar-refractivity contribution in [1.82, 2.24) is 0 Å². The molecular formula is C13H14O2. The summed E-state index contributed by atoms with van der Waals surface area (Å²) in [5.74, 6) is 1.88. The van der Waals surface area contributed by atoms with Gasteiger partial charge in [-0.2, -0.15) is 0 Å². The molecule has 0 amide bonds. The molecule has 0 saturated heterocycles. The second kappa shape index (κ2) is 2.78. The molecule has 1 aromatic rings. The fourth-order valence-corrected chi connectivity index (χ4v) is 2.33. The van der Waals surface area contributed by atoms with Gasteiger partial charge in [0.25, 0.3) is 0 Å². The Labute approximate surface area is 89.5 Å². The zero-order valence-corrected chi connectivity index (χ0v) is 9.04. The van der Waals surface area contributed by atoms with Crippen molar-refractivity contribution in [3.05, 3.63) is 29.8 Å². The third-order valence-corrected chi connectivity index (χ3v) is 3.43. The minimum atomic E-state index is 0.235. The molecule has 2 nitrogen and oxygen atoms in total. The van der Waals surface area contributed by atoms with E-state index < -0.39 is 0 Å². The van der Waals surface area contributed by atoms with Gasteiger partial charge in [-0.05, 0) is 30.2 Å². The van der Waals surface area contributed by atoms with E-state index in [1.807, 2.05) is 12.1 Å². The van der Waals surface area contributed by atoms with Gasteiger partial charge in [-0.3, -0.25) is 0 Å². The first-order chi connectivity index (χ1) is 7.23. The fourth-order valence-electron chi connectivity index (χ4n) is 2.33. The smallest absolute Gasteiger partial charge is 0.127 e. The summed E-state index contributed by atoms with van der Waals surface area (Å²) >= 11 is 0. The molecule has 3 rings (SSSR count). The van der Waals surface area contributed by atoms with E-state index >= 15 is 0 Å². The Kier molecular flexibility index (Phi) is 1.64. The lowest BCUT2D eigenvalue weighted by Gasteiger charge is -2.43. The van der Waals surface area contributed by atoms with Gasteiger partial charge in [-0.15, -0.1) is 0 Å². The van der Waals surface area contributed by atoms with Crippen LogP contribution < -0.4 is 9.47 Å². The second-order valence-corrected chi connectivity index (χ2v) is 4.53. The van der Waals surface area contributed by atoms with Crippen LogP contribution in [0.15, 0.2) is 24.3 Å². The zero-order valence-electron chi connectivity index (χ0n) is 9.04. The summed E-state index contributed by atoms with van der Waals surface area (Å²) < 4.78 is 11.0. The van der Waals surface area contributed by atoms with Crippen LogP contribution in [0.4, 0.5) is 0 Å². The number of ether oxygens (including phenoxy) is 2. The van der Waals surface area contributed by atoms with Gasteiger partial charge in [0.15, 0.2) is 0 Å². The average Bonchev–Trinajstić information content (AvgIpc) is 2.24. The van der Waals surface area contributed by atoms with Crippen LogP contribution in [-0.2, 0) is 0 Å². The molecule has 0 fully saturated rings. The van der Waals surface area contributed by atoms with Crippen molar-refractivity contribution in [2.45, 2.75) is 13.3 Å². The van der Waals surface area contributed by atoms with Crippen LogP contribution in [0.1, 0.15) is 18.9 Å². The Bertz CT molecular complexity index is 448. The molecule has 0 spiro atoms. The summed E-state index contributed by atoms with van der Waals surface area (Å²) in [5, 5.41) is 0. The van der Waals surface area contributed by atoms with Crippen LogP contribution in [-0.4, -0.2) is 13.7 Å². The number of benzene rings is 1. The fraction of sp³-hybridized carbons (Fsp3) is 0.385. The lowest BCUT2D eigenvalue weighted by Crippen LogP contribution is -2.35. The van der Waals surface area contributed by atoms with E-state index in [-0.39, 0.29) is 5.41 Å². The van der Waals surface area contributed by atoms with Gasteiger partial charge in [-0.1, -0.05) is 13.0 Å². The standard InChI is InChI=1S/C13H14O2/c1-13-6-5-11(13)10-7-9(14-2)3-4-12(10)15-8-13/h3-5,7H,6,8H2,1-2H3. The van der Waals surface area contributed by atoms with E-state index in [1.165, 1.54) is 11.1 Å². The maximum Gasteiger partial charge on any atom is 0.127 e. The molecule has 0 bridgehead atoms. The van der Waals surface area contributed by atoms with Crippen molar-refractivity contribution >= 4 is 5.57 Å². The molecule has 2 aliphatic rings. The number of allylic oxidation sites excluding steroid dienone is 1. The minimum absolute atomic E-state index is 0.235. The highest BCUT2D eigenvalue weighted by molar-refractivity contribution is 5.81. The van der Waals surface area contributed by atoms with Gasteiger partial charge in [-0.25, -0.2) is 0 Å². The summed E-state index contributed by atoms with van der Waals surface area (Å²) in [6, 6.07) is 6.01. The van der Waals surface area contributed by atoms with Gasteiger partial charge < -0.3 is 9.47 Å². The van der Waals surface area contributed by atoms with Gasteiger partial charge in [0.1, 0.15) is 11.5 Å². The van der Waals surface area contributed by atoms with Crippen molar-refractivity contribution in [2.75, 3.05) is 13.7 Å². The molecule has 0 aromatic heterocycles. The molecule has 0 saturated carbocycles. The Hall–Kier alpha value is -1.44. The summed E-state index contributed by atoms with van der Waals surface area (Å²) in [6.07, 6.45) is 3.42. The van der Waals surface area contributed by atoms with Crippen molar-refractivity contribution in [2.24, 2.45) is 5.41 Å². The molecule has 1 heterocycles. The third-order valence-electron chi connectivity index (χ3n) is 3.43. The average molecular weight is 202 g/mol. The van der Waals surface area contributed by atoms with E-state index in [0.717, 1.165) is 24.5 Å². The molecule has 1 unspecified atom stereocenters. The highest BCUT2D eigenvalue weighted by atomic mass is 16.5. The lowest BCUT2D eigenvalue weighted by molar-refractivity contribution is 0.188. The number of rotatable bonds is 1. The zero-order chi connectivity index (χ0) is 10.5. The van der Waals surface area contributed by atoms with Crippen LogP contribution >= 0.6 is 0 Å². The van der Waals surface area contributed by atoms with E-state index in [2.05, 4.69) is 19.1 Å². The first-order valence-electron chi connectivity index (χ1n) is 5.25. The molecule has 0 radical (unpaired) electrons. The van der Waals surface area contributed by atoms with E-state index in [9.17, 15) is 0 Å². The van der Waals surface area contributed by atoms with Crippen molar-refractivity contribution in [1.29, 1.82) is 0 Å². The van der Waals surface area contributed by atoms with Crippen LogP contribution in [0.5, 0.6) is 11.5 Å². The maximum absolute atomic E-state index is 5.76. The summed E-state index contributed by atoms with van der Waals surface area (Å²) in [6.45, 7) is 3.06. The number of hydrogen-bond acceptors (Lipinski definition) is 2. The predicted octanol–water partition coefficient (Wildman–Crippen LogP) is 2.88. The molecule has 1 aliphatic heterocycles.